The van der Waals surface area contributed by atoms with Crippen LogP contribution in [0.2, 0.25) is 0 Å². The summed E-state index contributed by atoms with van der Waals surface area (Å²) in [5.74, 6) is -2.04. The minimum absolute atomic E-state index is 0. The van der Waals surface area contributed by atoms with E-state index < -0.39 is 33.2 Å². The zero-order valence-corrected chi connectivity index (χ0v) is 26.4. The maximum Gasteiger partial charge on any atom is 1.00 e. The van der Waals surface area contributed by atoms with Gasteiger partial charge in [-0.25, -0.2) is 8.42 Å². The second kappa shape index (κ2) is 23.9. The molecule has 0 fully saturated rings. The van der Waals surface area contributed by atoms with Gasteiger partial charge in [-0.15, -0.1) is 0 Å². The number of ether oxygens (including phenoxy) is 2. The summed E-state index contributed by atoms with van der Waals surface area (Å²) in [5, 5.41) is 0. The van der Waals surface area contributed by atoms with Crippen LogP contribution in [0.25, 0.3) is 0 Å². The normalized spacial score (nSPS) is 13.0. The minimum atomic E-state index is -5.10. The van der Waals surface area contributed by atoms with E-state index in [1.165, 1.54) is 64.2 Å². The zero-order chi connectivity index (χ0) is 26.4. The van der Waals surface area contributed by atoms with Crippen molar-refractivity contribution in [3.63, 3.8) is 0 Å². The number of carbonyl (C=O) groups is 2. The summed E-state index contributed by atoms with van der Waals surface area (Å²) in [6.45, 7) is 5.52. The summed E-state index contributed by atoms with van der Waals surface area (Å²) in [6, 6.07) is 0. The smallest absolute Gasteiger partial charge is 0.747 e. The van der Waals surface area contributed by atoms with Crippen molar-refractivity contribution >= 4 is 22.1 Å². The topological polar surface area (TPSA) is 110 Å². The van der Waals surface area contributed by atoms with Crippen LogP contribution in [0, 0.1) is 0 Å². The Bertz CT molecular complexity index is 655. The van der Waals surface area contributed by atoms with Crippen LogP contribution in [0.3, 0.4) is 0 Å². The molecule has 1 atom stereocenters. The Balaban J connectivity index is 0. The molecule has 0 heterocycles. The number of hydrogen-bond acceptors (Lipinski definition) is 7. The molecule has 0 aromatic heterocycles. The second-order valence-electron chi connectivity index (χ2n) is 9.87. The van der Waals surface area contributed by atoms with Gasteiger partial charge in [-0.2, -0.15) is 0 Å². The van der Waals surface area contributed by atoms with E-state index in [4.69, 9.17) is 9.47 Å². The molecule has 0 aromatic rings. The van der Waals surface area contributed by atoms with Gasteiger partial charge in [-0.05, 0) is 19.8 Å². The molecule has 0 spiro atoms. The first-order valence-electron chi connectivity index (χ1n) is 14.0. The van der Waals surface area contributed by atoms with Crippen LogP contribution in [0.1, 0.15) is 143 Å². The van der Waals surface area contributed by atoms with Crippen LogP contribution in [0.5, 0.6) is 0 Å². The summed E-state index contributed by atoms with van der Waals surface area (Å²) < 4.78 is 43.1. The Hall–Kier alpha value is -0.150. The molecule has 0 radical (unpaired) electrons. The van der Waals surface area contributed by atoms with Gasteiger partial charge >= 0.3 is 41.5 Å². The van der Waals surface area contributed by atoms with Gasteiger partial charge < -0.3 is 14.0 Å². The monoisotopic (exact) mass is 542 g/mol. The second-order valence-corrected chi connectivity index (χ2v) is 11.7. The van der Waals surface area contributed by atoms with Crippen LogP contribution in [0.4, 0.5) is 0 Å². The SMILES string of the molecule is CCCCCCCCCCCOC(=O)CC(C)(C(=O)OCCCCCCCCCCC)S(=O)(=O)[O-].[Na+]. The zero-order valence-electron chi connectivity index (χ0n) is 23.6. The molecular weight excluding hydrogens is 491 g/mol. The third kappa shape index (κ3) is 19.0. The molecule has 1 unspecified atom stereocenters. The Kier molecular flexibility index (Phi) is 25.3. The standard InChI is InChI=1S/C27H52O7S.Na/c1-4-6-8-10-12-14-16-18-20-22-33-25(28)24-27(3,35(30,31)32)26(29)34-23-21-19-17-15-13-11-9-7-5-2;/h4-24H2,1-3H3,(H,30,31,32);/q;+1/p-1. The van der Waals surface area contributed by atoms with E-state index in [1.54, 1.807) is 0 Å². The van der Waals surface area contributed by atoms with Crippen LogP contribution >= 0.6 is 0 Å². The molecule has 0 saturated carbocycles. The molecule has 0 bridgehead atoms. The minimum Gasteiger partial charge on any atom is -0.747 e. The number of esters is 2. The first kappa shape index (κ1) is 38.0. The average Bonchev–Trinajstić information content (AvgIpc) is 2.80. The Labute approximate surface area is 243 Å². The van der Waals surface area contributed by atoms with Crippen LogP contribution in [-0.2, 0) is 29.2 Å². The largest absolute Gasteiger partial charge is 1.00 e. The van der Waals surface area contributed by atoms with Gasteiger partial charge in [0.2, 0.25) is 0 Å². The maximum atomic E-state index is 12.4. The summed E-state index contributed by atoms with van der Waals surface area (Å²) in [7, 11) is -5.10. The fourth-order valence-electron chi connectivity index (χ4n) is 3.92. The van der Waals surface area contributed by atoms with Crippen molar-refractivity contribution < 1.29 is 61.6 Å². The summed E-state index contributed by atoms with van der Waals surface area (Å²) in [4.78, 5) is 24.6. The molecular formula is C27H51NaO7S. The quantitative estimate of drug-likeness (QED) is 0.0789. The number of unbranched alkanes of at least 4 members (excludes halogenated alkanes) is 16. The van der Waals surface area contributed by atoms with Gasteiger partial charge in [-0.1, -0.05) is 117 Å². The van der Waals surface area contributed by atoms with Crippen molar-refractivity contribution in [3.8, 4) is 0 Å². The summed E-state index contributed by atoms with van der Waals surface area (Å²) in [5.41, 5.74) is 0. The predicted octanol–water partition coefficient (Wildman–Crippen LogP) is 3.83. The van der Waals surface area contributed by atoms with Crippen molar-refractivity contribution in [1.82, 2.24) is 0 Å². The fourth-order valence-corrected chi connectivity index (χ4v) is 4.48. The van der Waals surface area contributed by atoms with Gasteiger partial charge in [0.25, 0.3) is 0 Å². The number of carbonyl (C=O) groups excluding carboxylic acids is 2. The van der Waals surface area contributed by atoms with Crippen molar-refractivity contribution in [2.24, 2.45) is 0 Å². The van der Waals surface area contributed by atoms with Crippen LogP contribution in [-0.4, -0.2) is 42.9 Å². The van der Waals surface area contributed by atoms with E-state index in [0.29, 0.717) is 12.8 Å². The molecule has 0 amide bonds. The van der Waals surface area contributed by atoms with Crippen LogP contribution < -0.4 is 29.6 Å². The third-order valence-corrected chi connectivity index (χ3v) is 7.87. The van der Waals surface area contributed by atoms with E-state index in [9.17, 15) is 22.6 Å². The Morgan fingerprint density at radius 2 is 0.972 bits per heavy atom. The average molecular weight is 543 g/mol. The van der Waals surface area contributed by atoms with Gasteiger partial charge in [0.1, 0.15) is 10.1 Å². The first-order valence-corrected chi connectivity index (χ1v) is 15.4. The molecule has 0 aliphatic carbocycles. The van der Waals surface area contributed by atoms with E-state index in [2.05, 4.69) is 13.8 Å². The van der Waals surface area contributed by atoms with Crippen molar-refractivity contribution in [2.75, 3.05) is 13.2 Å². The van der Waals surface area contributed by atoms with Crippen molar-refractivity contribution in [3.05, 3.63) is 0 Å². The molecule has 0 saturated heterocycles. The first-order chi connectivity index (χ1) is 16.7. The van der Waals surface area contributed by atoms with Gasteiger partial charge in [0.15, 0.2) is 4.75 Å². The van der Waals surface area contributed by atoms with E-state index in [-0.39, 0.29) is 42.8 Å². The molecule has 36 heavy (non-hydrogen) atoms. The summed E-state index contributed by atoms with van der Waals surface area (Å²) >= 11 is 0. The molecule has 0 aliphatic heterocycles. The van der Waals surface area contributed by atoms with Gasteiger partial charge in [0.05, 0.1) is 19.6 Å². The van der Waals surface area contributed by atoms with E-state index in [1.807, 2.05) is 0 Å². The Morgan fingerprint density at radius 3 is 1.33 bits per heavy atom. The fraction of sp³-hybridized carbons (Fsp3) is 0.926. The van der Waals surface area contributed by atoms with E-state index >= 15 is 0 Å². The number of hydrogen-bond donors (Lipinski definition) is 0. The molecule has 7 nitrogen and oxygen atoms in total. The third-order valence-electron chi connectivity index (χ3n) is 6.46. The number of rotatable bonds is 24. The molecule has 0 rings (SSSR count). The Morgan fingerprint density at radius 1 is 0.639 bits per heavy atom. The molecule has 208 valence electrons. The maximum absolute atomic E-state index is 12.4. The van der Waals surface area contributed by atoms with Gasteiger partial charge in [0, 0.05) is 0 Å². The molecule has 0 N–H and O–H groups in total. The van der Waals surface area contributed by atoms with E-state index in [0.717, 1.165) is 45.4 Å². The molecule has 0 aromatic carbocycles. The van der Waals surface area contributed by atoms with Crippen LogP contribution in [0.15, 0.2) is 0 Å². The molecule has 0 aliphatic rings. The van der Waals surface area contributed by atoms with Gasteiger partial charge in [-0.3, -0.25) is 9.59 Å². The predicted molar refractivity (Wildman–Crippen MR) is 139 cm³/mol. The van der Waals surface area contributed by atoms with Crippen molar-refractivity contribution in [1.29, 1.82) is 0 Å². The summed E-state index contributed by atoms with van der Waals surface area (Å²) in [6.07, 6.45) is 19.0. The molecule has 9 heteroatoms. The van der Waals surface area contributed by atoms with Crippen molar-refractivity contribution in [2.45, 2.75) is 148 Å².